The summed E-state index contributed by atoms with van der Waals surface area (Å²) in [7, 11) is 1.52. The standard InChI is InChI=1S/C16H18BrN3O4/c1-10-6-11(17)7-13(23-2)15(10)20-16(22)19-9-14(21)18-8-12-4-3-5-24-12/h3-7H,8-9H2,1-2H3,(H,18,21)(H2,19,20,22). The van der Waals surface area contributed by atoms with Gasteiger partial charge in [-0.1, -0.05) is 15.9 Å². The van der Waals surface area contributed by atoms with Gasteiger partial charge in [0.2, 0.25) is 5.91 Å². The minimum Gasteiger partial charge on any atom is -0.495 e. The van der Waals surface area contributed by atoms with Crippen LogP contribution in [0.5, 0.6) is 5.75 Å². The molecule has 0 radical (unpaired) electrons. The van der Waals surface area contributed by atoms with Gasteiger partial charge in [0.05, 0.1) is 32.1 Å². The quantitative estimate of drug-likeness (QED) is 0.700. The van der Waals surface area contributed by atoms with Gasteiger partial charge < -0.3 is 25.1 Å². The van der Waals surface area contributed by atoms with Crippen LogP contribution in [0.15, 0.2) is 39.4 Å². The van der Waals surface area contributed by atoms with Gasteiger partial charge in [-0.2, -0.15) is 0 Å². The Balaban J connectivity index is 1.84. The Morgan fingerprint density at radius 1 is 1.29 bits per heavy atom. The van der Waals surface area contributed by atoms with E-state index in [0.29, 0.717) is 17.2 Å². The highest BCUT2D eigenvalue weighted by molar-refractivity contribution is 9.10. The number of amides is 3. The van der Waals surface area contributed by atoms with Gasteiger partial charge in [-0.3, -0.25) is 4.79 Å². The molecule has 2 aromatic rings. The minimum atomic E-state index is -0.494. The van der Waals surface area contributed by atoms with Crippen LogP contribution in [-0.4, -0.2) is 25.6 Å². The molecule has 0 saturated carbocycles. The van der Waals surface area contributed by atoms with E-state index in [1.54, 1.807) is 18.2 Å². The third-order valence-electron chi connectivity index (χ3n) is 3.17. The van der Waals surface area contributed by atoms with Gasteiger partial charge in [0.1, 0.15) is 11.5 Å². The molecule has 0 atom stereocenters. The molecule has 3 amide bonds. The third kappa shape index (κ3) is 5.02. The molecule has 0 saturated heterocycles. The Bertz CT molecular complexity index is 716. The second kappa shape index (κ2) is 8.39. The van der Waals surface area contributed by atoms with Crippen LogP contribution in [0.2, 0.25) is 0 Å². The largest absolute Gasteiger partial charge is 0.495 e. The number of methoxy groups -OCH3 is 1. The maximum Gasteiger partial charge on any atom is 0.319 e. The highest BCUT2D eigenvalue weighted by Crippen LogP contribution is 2.31. The Morgan fingerprint density at radius 2 is 2.08 bits per heavy atom. The van der Waals surface area contributed by atoms with Crippen LogP contribution in [0, 0.1) is 6.92 Å². The van der Waals surface area contributed by atoms with E-state index in [2.05, 4.69) is 31.9 Å². The molecule has 8 heteroatoms. The summed E-state index contributed by atoms with van der Waals surface area (Å²) in [5, 5.41) is 7.82. The summed E-state index contributed by atoms with van der Waals surface area (Å²) < 4.78 is 11.2. The van der Waals surface area contributed by atoms with E-state index in [4.69, 9.17) is 9.15 Å². The van der Waals surface area contributed by atoms with Crippen molar-refractivity contribution in [1.82, 2.24) is 10.6 Å². The molecule has 3 N–H and O–H groups in total. The van der Waals surface area contributed by atoms with Crippen molar-refractivity contribution < 1.29 is 18.7 Å². The van der Waals surface area contributed by atoms with Crippen molar-refractivity contribution in [2.45, 2.75) is 13.5 Å². The molecule has 0 spiro atoms. The first-order valence-electron chi connectivity index (χ1n) is 7.17. The summed E-state index contributed by atoms with van der Waals surface area (Å²) in [5.74, 6) is 0.850. The number of aryl methyl sites for hydroxylation is 1. The molecule has 1 heterocycles. The topological polar surface area (TPSA) is 92.6 Å². The predicted molar refractivity (Wildman–Crippen MR) is 93.0 cm³/mol. The van der Waals surface area contributed by atoms with Gasteiger partial charge in [0, 0.05) is 4.47 Å². The van der Waals surface area contributed by atoms with E-state index in [9.17, 15) is 9.59 Å². The minimum absolute atomic E-state index is 0.148. The van der Waals surface area contributed by atoms with Gasteiger partial charge in [-0.15, -0.1) is 0 Å². The number of benzene rings is 1. The van der Waals surface area contributed by atoms with Crippen molar-refractivity contribution >= 4 is 33.6 Å². The number of nitrogens with one attached hydrogen (secondary N) is 3. The Labute approximate surface area is 147 Å². The number of ether oxygens (including phenoxy) is 1. The van der Waals surface area contributed by atoms with Crippen LogP contribution in [0.1, 0.15) is 11.3 Å². The molecule has 0 fully saturated rings. The highest BCUT2D eigenvalue weighted by atomic mass is 79.9. The van der Waals surface area contributed by atoms with Crippen molar-refractivity contribution in [3.05, 3.63) is 46.3 Å². The summed E-state index contributed by atoms with van der Waals surface area (Å²) in [6.45, 7) is 1.97. The fourth-order valence-corrected chi connectivity index (χ4v) is 2.56. The molecule has 128 valence electrons. The predicted octanol–water partition coefficient (Wildman–Crippen LogP) is 2.80. The number of anilines is 1. The molecule has 7 nitrogen and oxygen atoms in total. The van der Waals surface area contributed by atoms with Crippen LogP contribution >= 0.6 is 15.9 Å². The van der Waals surface area contributed by atoms with Crippen LogP contribution in [0.25, 0.3) is 0 Å². The Kier molecular flexibility index (Phi) is 6.25. The maximum absolute atomic E-state index is 12.0. The fourth-order valence-electron chi connectivity index (χ4n) is 2.01. The lowest BCUT2D eigenvalue weighted by molar-refractivity contribution is -0.120. The first kappa shape index (κ1) is 17.9. The SMILES string of the molecule is COc1cc(Br)cc(C)c1NC(=O)NCC(=O)NCc1ccco1. The van der Waals surface area contributed by atoms with Crippen LogP contribution < -0.4 is 20.7 Å². The number of urea groups is 1. The van der Waals surface area contributed by atoms with Crippen molar-refractivity contribution in [3.63, 3.8) is 0 Å². The molecular weight excluding hydrogens is 378 g/mol. The molecule has 2 rings (SSSR count). The van der Waals surface area contributed by atoms with Crippen LogP contribution in [-0.2, 0) is 11.3 Å². The molecule has 0 unspecified atom stereocenters. The number of furan rings is 1. The van der Waals surface area contributed by atoms with E-state index in [1.165, 1.54) is 13.4 Å². The van der Waals surface area contributed by atoms with Crippen molar-refractivity contribution in [3.8, 4) is 5.75 Å². The Hall–Kier alpha value is -2.48. The van der Waals surface area contributed by atoms with E-state index in [1.807, 2.05) is 13.0 Å². The smallest absolute Gasteiger partial charge is 0.319 e. The third-order valence-corrected chi connectivity index (χ3v) is 3.63. The van der Waals surface area contributed by atoms with E-state index in [-0.39, 0.29) is 19.0 Å². The average Bonchev–Trinajstić information content (AvgIpc) is 3.06. The molecule has 1 aromatic heterocycles. The van der Waals surface area contributed by atoms with Crippen molar-refractivity contribution in [2.75, 3.05) is 19.0 Å². The number of rotatable bonds is 6. The second-order valence-electron chi connectivity index (χ2n) is 4.96. The molecule has 24 heavy (non-hydrogen) atoms. The number of hydrogen-bond donors (Lipinski definition) is 3. The zero-order valence-corrected chi connectivity index (χ0v) is 14.9. The monoisotopic (exact) mass is 395 g/mol. The lowest BCUT2D eigenvalue weighted by atomic mass is 10.2. The molecule has 0 aliphatic rings. The average molecular weight is 396 g/mol. The fraction of sp³-hybridized carbons (Fsp3) is 0.250. The second-order valence-corrected chi connectivity index (χ2v) is 5.88. The summed E-state index contributed by atoms with van der Waals surface area (Å²) in [6.07, 6.45) is 1.53. The highest BCUT2D eigenvalue weighted by Gasteiger charge is 2.12. The Morgan fingerprint density at radius 3 is 2.75 bits per heavy atom. The summed E-state index contributed by atoms with van der Waals surface area (Å²) in [6, 6.07) is 6.60. The van der Waals surface area contributed by atoms with E-state index < -0.39 is 6.03 Å². The molecule has 0 aliphatic heterocycles. The van der Waals surface area contributed by atoms with Gasteiger partial charge in [-0.25, -0.2) is 4.79 Å². The number of halogens is 1. The molecule has 1 aromatic carbocycles. The van der Waals surface area contributed by atoms with E-state index >= 15 is 0 Å². The van der Waals surface area contributed by atoms with E-state index in [0.717, 1.165) is 10.0 Å². The normalized spacial score (nSPS) is 10.1. The lowest BCUT2D eigenvalue weighted by Crippen LogP contribution is -2.38. The number of carbonyl (C=O) groups is 2. The van der Waals surface area contributed by atoms with Gasteiger partial charge in [0.25, 0.3) is 0 Å². The summed E-state index contributed by atoms with van der Waals surface area (Å²) in [5.41, 5.74) is 1.38. The number of hydrogen-bond acceptors (Lipinski definition) is 4. The van der Waals surface area contributed by atoms with Crippen LogP contribution in [0.3, 0.4) is 0 Å². The van der Waals surface area contributed by atoms with Crippen LogP contribution in [0.4, 0.5) is 10.5 Å². The van der Waals surface area contributed by atoms with Gasteiger partial charge >= 0.3 is 6.03 Å². The number of carbonyl (C=O) groups excluding carboxylic acids is 2. The molecule has 0 bridgehead atoms. The van der Waals surface area contributed by atoms with Crippen molar-refractivity contribution in [1.29, 1.82) is 0 Å². The zero-order chi connectivity index (χ0) is 17.5. The summed E-state index contributed by atoms with van der Waals surface area (Å²) >= 11 is 3.37. The lowest BCUT2D eigenvalue weighted by Gasteiger charge is -2.14. The molecular formula is C16H18BrN3O4. The molecule has 0 aliphatic carbocycles. The maximum atomic E-state index is 12.0. The first-order chi connectivity index (χ1) is 11.5. The first-order valence-corrected chi connectivity index (χ1v) is 7.97. The van der Waals surface area contributed by atoms with Gasteiger partial charge in [-0.05, 0) is 36.8 Å². The summed E-state index contributed by atoms with van der Waals surface area (Å²) in [4.78, 5) is 23.7. The van der Waals surface area contributed by atoms with Gasteiger partial charge in [0.15, 0.2) is 0 Å². The zero-order valence-electron chi connectivity index (χ0n) is 13.3. The van der Waals surface area contributed by atoms with Crippen molar-refractivity contribution in [2.24, 2.45) is 0 Å².